The topological polar surface area (TPSA) is 113 Å². The Morgan fingerprint density at radius 3 is 2.58 bits per heavy atom. The second-order valence-electron chi connectivity index (χ2n) is 3.93. The number of nitro benzene ring substituents is 1. The molecular formula is C11H13N3O5. The van der Waals surface area contributed by atoms with E-state index < -0.39 is 16.5 Å². The standard InChI is InChI=1S/C11H13N3O5/c1-13(2)10(16)6-12-11(17)8-5-7(15)3-4-9(8)14(18)19/h3-5,15H,6H2,1-2H3,(H,12,17). The van der Waals surface area contributed by atoms with E-state index in [1.807, 2.05) is 0 Å². The molecule has 8 nitrogen and oxygen atoms in total. The van der Waals surface area contributed by atoms with E-state index in [1.165, 1.54) is 19.0 Å². The van der Waals surface area contributed by atoms with Gasteiger partial charge in [0.15, 0.2) is 0 Å². The van der Waals surface area contributed by atoms with E-state index in [2.05, 4.69) is 5.32 Å². The summed E-state index contributed by atoms with van der Waals surface area (Å²) in [6.07, 6.45) is 0. The van der Waals surface area contributed by atoms with Crippen LogP contribution < -0.4 is 5.32 Å². The number of hydrogen-bond acceptors (Lipinski definition) is 5. The highest BCUT2D eigenvalue weighted by Gasteiger charge is 2.21. The minimum atomic E-state index is -0.794. The van der Waals surface area contributed by atoms with Crippen LogP contribution in [0.3, 0.4) is 0 Å². The number of likely N-dealkylation sites (N-methyl/N-ethyl adjacent to an activating group) is 1. The third kappa shape index (κ3) is 3.66. The molecule has 0 radical (unpaired) electrons. The molecule has 1 rings (SSSR count). The van der Waals surface area contributed by atoms with Crippen LogP contribution in [-0.2, 0) is 4.79 Å². The molecule has 0 fully saturated rings. The lowest BCUT2D eigenvalue weighted by molar-refractivity contribution is -0.385. The van der Waals surface area contributed by atoms with Gasteiger partial charge in [-0.15, -0.1) is 0 Å². The number of carbonyl (C=O) groups excluding carboxylic acids is 2. The molecule has 0 aromatic heterocycles. The van der Waals surface area contributed by atoms with Crippen molar-refractivity contribution in [3.63, 3.8) is 0 Å². The minimum Gasteiger partial charge on any atom is -0.508 e. The predicted octanol–water partition coefficient (Wildman–Crippen LogP) is 0.118. The summed E-state index contributed by atoms with van der Waals surface area (Å²) >= 11 is 0. The van der Waals surface area contributed by atoms with Crippen LogP contribution in [-0.4, -0.2) is 47.4 Å². The average molecular weight is 267 g/mol. The molecule has 8 heteroatoms. The number of aromatic hydroxyl groups is 1. The monoisotopic (exact) mass is 267 g/mol. The number of benzene rings is 1. The number of phenols is 1. The SMILES string of the molecule is CN(C)C(=O)CNC(=O)c1cc(O)ccc1[N+](=O)[O-]. The predicted molar refractivity (Wildman–Crippen MR) is 65.8 cm³/mol. The molecule has 19 heavy (non-hydrogen) atoms. The van der Waals surface area contributed by atoms with Gasteiger partial charge in [0.25, 0.3) is 11.6 Å². The molecule has 0 spiro atoms. The number of phenolic OH excluding ortho intramolecular Hbond substituents is 1. The Hall–Kier alpha value is -2.64. The van der Waals surface area contributed by atoms with E-state index >= 15 is 0 Å². The second-order valence-corrected chi connectivity index (χ2v) is 3.93. The van der Waals surface area contributed by atoms with Gasteiger partial charge in [-0.25, -0.2) is 0 Å². The fraction of sp³-hybridized carbons (Fsp3) is 0.273. The number of amides is 2. The van der Waals surface area contributed by atoms with E-state index in [0.717, 1.165) is 18.2 Å². The third-order valence-electron chi connectivity index (χ3n) is 2.32. The number of carbonyl (C=O) groups is 2. The van der Waals surface area contributed by atoms with Crippen molar-refractivity contribution in [3.05, 3.63) is 33.9 Å². The third-order valence-corrected chi connectivity index (χ3v) is 2.32. The Morgan fingerprint density at radius 2 is 2.05 bits per heavy atom. The van der Waals surface area contributed by atoms with Crippen molar-refractivity contribution in [2.24, 2.45) is 0 Å². The fourth-order valence-electron chi connectivity index (χ4n) is 1.27. The van der Waals surface area contributed by atoms with E-state index in [-0.39, 0.29) is 23.8 Å². The molecule has 1 aromatic rings. The van der Waals surface area contributed by atoms with Crippen LogP contribution in [0.2, 0.25) is 0 Å². The van der Waals surface area contributed by atoms with Crippen molar-refractivity contribution < 1.29 is 19.6 Å². The molecule has 2 N–H and O–H groups in total. The van der Waals surface area contributed by atoms with Gasteiger partial charge in [0.2, 0.25) is 5.91 Å². The summed E-state index contributed by atoms with van der Waals surface area (Å²) in [5.41, 5.74) is -0.732. The van der Waals surface area contributed by atoms with Crippen LogP contribution in [0.25, 0.3) is 0 Å². The highest BCUT2D eigenvalue weighted by atomic mass is 16.6. The normalized spacial score (nSPS) is 9.79. The maximum absolute atomic E-state index is 11.8. The smallest absolute Gasteiger partial charge is 0.282 e. The van der Waals surface area contributed by atoms with E-state index in [4.69, 9.17) is 0 Å². The number of nitrogens with zero attached hydrogens (tertiary/aromatic N) is 2. The summed E-state index contributed by atoms with van der Waals surface area (Å²) < 4.78 is 0. The van der Waals surface area contributed by atoms with Crippen molar-refractivity contribution in [1.29, 1.82) is 0 Å². The Kier molecular flexibility index (Phi) is 4.41. The molecule has 0 aliphatic carbocycles. The first kappa shape index (κ1) is 14.4. The van der Waals surface area contributed by atoms with Gasteiger partial charge < -0.3 is 15.3 Å². The van der Waals surface area contributed by atoms with Crippen molar-refractivity contribution in [2.45, 2.75) is 0 Å². The Labute approximate surface area is 108 Å². The highest BCUT2D eigenvalue weighted by molar-refractivity contribution is 6.00. The Bertz CT molecular complexity index is 527. The van der Waals surface area contributed by atoms with Crippen molar-refractivity contribution >= 4 is 17.5 Å². The van der Waals surface area contributed by atoms with E-state index in [0.29, 0.717) is 0 Å². The zero-order chi connectivity index (χ0) is 14.6. The summed E-state index contributed by atoms with van der Waals surface area (Å²) in [5, 5.41) is 22.3. The quantitative estimate of drug-likeness (QED) is 0.594. The van der Waals surface area contributed by atoms with Gasteiger partial charge in [-0.05, 0) is 12.1 Å². The molecule has 0 heterocycles. The van der Waals surface area contributed by atoms with Crippen LogP contribution in [0, 0.1) is 10.1 Å². The summed E-state index contributed by atoms with van der Waals surface area (Å²) in [6, 6.07) is 3.12. The van der Waals surface area contributed by atoms with E-state index in [1.54, 1.807) is 0 Å². The molecule has 0 bridgehead atoms. The maximum atomic E-state index is 11.8. The minimum absolute atomic E-state index is 0.269. The molecule has 102 valence electrons. The van der Waals surface area contributed by atoms with Gasteiger partial charge in [0.05, 0.1) is 11.5 Å². The number of rotatable bonds is 4. The Morgan fingerprint density at radius 1 is 1.42 bits per heavy atom. The van der Waals surface area contributed by atoms with Crippen LogP contribution in [0.1, 0.15) is 10.4 Å². The highest BCUT2D eigenvalue weighted by Crippen LogP contribution is 2.22. The van der Waals surface area contributed by atoms with Gasteiger partial charge in [0.1, 0.15) is 11.3 Å². The van der Waals surface area contributed by atoms with Gasteiger partial charge in [-0.2, -0.15) is 0 Å². The first-order valence-electron chi connectivity index (χ1n) is 5.28. The Balaban J connectivity index is 2.90. The van der Waals surface area contributed by atoms with Crippen molar-refractivity contribution in [1.82, 2.24) is 10.2 Å². The summed E-state index contributed by atoms with van der Waals surface area (Å²) in [7, 11) is 3.04. The molecule has 1 aromatic carbocycles. The van der Waals surface area contributed by atoms with Gasteiger partial charge in [-0.1, -0.05) is 0 Å². The molecular weight excluding hydrogens is 254 g/mol. The summed E-state index contributed by atoms with van der Waals surface area (Å²) in [5.74, 6) is -1.41. The molecule has 0 atom stereocenters. The number of nitrogens with one attached hydrogen (secondary N) is 1. The van der Waals surface area contributed by atoms with Crippen LogP contribution in [0.4, 0.5) is 5.69 Å². The average Bonchev–Trinajstić information content (AvgIpc) is 2.34. The van der Waals surface area contributed by atoms with Crippen molar-refractivity contribution in [3.8, 4) is 5.75 Å². The maximum Gasteiger partial charge on any atom is 0.282 e. The molecule has 0 saturated carbocycles. The fourth-order valence-corrected chi connectivity index (χ4v) is 1.27. The van der Waals surface area contributed by atoms with Crippen LogP contribution in [0.15, 0.2) is 18.2 Å². The number of hydrogen-bond donors (Lipinski definition) is 2. The summed E-state index contributed by atoms with van der Waals surface area (Å²) in [6.45, 7) is -0.279. The zero-order valence-electron chi connectivity index (χ0n) is 10.4. The molecule has 0 unspecified atom stereocenters. The van der Waals surface area contributed by atoms with Crippen LogP contribution in [0.5, 0.6) is 5.75 Å². The van der Waals surface area contributed by atoms with E-state index in [9.17, 15) is 24.8 Å². The molecule has 2 amide bonds. The molecule has 0 saturated heterocycles. The lowest BCUT2D eigenvalue weighted by Gasteiger charge is -2.11. The zero-order valence-corrected chi connectivity index (χ0v) is 10.4. The molecule has 0 aliphatic rings. The van der Waals surface area contributed by atoms with Gasteiger partial charge in [-0.3, -0.25) is 19.7 Å². The van der Waals surface area contributed by atoms with Crippen LogP contribution >= 0.6 is 0 Å². The summed E-state index contributed by atoms with van der Waals surface area (Å²) in [4.78, 5) is 34.3. The first-order chi connectivity index (χ1) is 8.82. The lowest BCUT2D eigenvalue weighted by Crippen LogP contribution is -2.36. The van der Waals surface area contributed by atoms with Gasteiger partial charge in [0, 0.05) is 20.2 Å². The van der Waals surface area contributed by atoms with Crippen molar-refractivity contribution in [2.75, 3.05) is 20.6 Å². The number of nitro groups is 1. The lowest BCUT2D eigenvalue weighted by atomic mass is 10.1. The molecule has 0 aliphatic heterocycles. The van der Waals surface area contributed by atoms with Gasteiger partial charge >= 0.3 is 0 Å². The first-order valence-corrected chi connectivity index (χ1v) is 5.28. The second kappa shape index (κ2) is 5.80. The largest absolute Gasteiger partial charge is 0.508 e.